The van der Waals surface area contributed by atoms with Crippen molar-refractivity contribution >= 4 is 5.97 Å². The molecule has 0 spiro atoms. The van der Waals surface area contributed by atoms with Crippen LogP contribution in [0.15, 0.2) is 27.2 Å². The molecule has 6 nitrogen and oxygen atoms in total. The smallest absolute Gasteiger partial charge is 0.312 e. The van der Waals surface area contributed by atoms with Crippen molar-refractivity contribution in [2.75, 3.05) is 0 Å². The largest absolute Gasteiger partial charge is 0.481 e. The number of carboxylic acid groups (broad SMARTS) is 1. The molecule has 0 fully saturated rings. The molecule has 0 unspecified atom stereocenters. The predicted octanol–water partition coefficient (Wildman–Crippen LogP) is 1.07. The van der Waals surface area contributed by atoms with E-state index in [1.165, 1.54) is 0 Å². The molecule has 2 heterocycles. The molecule has 1 N–H and O–H groups in total. The topological polar surface area (TPSA) is 89.4 Å². The van der Waals surface area contributed by atoms with Gasteiger partial charge in [0.1, 0.15) is 12.2 Å². The zero-order chi connectivity index (χ0) is 11.4. The first-order chi connectivity index (χ1) is 7.74. The molecule has 6 heteroatoms. The number of aryl methyl sites for hydroxylation is 2. The Bertz CT molecular complexity index is 461. The normalized spacial score (nSPS) is 10.5. The SMILES string of the molecule is O=C(O)Cc1nnc(CCc2ccco2)o1. The Kier molecular flexibility index (Phi) is 3.00. The van der Waals surface area contributed by atoms with E-state index < -0.39 is 5.97 Å². The molecule has 0 saturated carbocycles. The molecule has 0 bridgehead atoms. The summed E-state index contributed by atoms with van der Waals surface area (Å²) >= 11 is 0. The van der Waals surface area contributed by atoms with Gasteiger partial charge in [0.2, 0.25) is 11.8 Å². The van der Waals surface area contributed by atoms with Gasteiger partial charge in [-0.3, -0.25) is 4.79 Å². The van der Waals surface area contributed by atoms with Gasteiger partial charge in [-0.15, -0.1) is 10.2 Å². The van der Waals surface area contributed by atoms with E-state index >= 15 is 0 Å². The van der Waals surface area contributed by atoms with E-state index in [-0.39, 0.29) is 12.3 Å². The van der Waals surface area contributed by atoms with Crippen LogP contribution in [0.5, 0.6) is 0 Å². The van der Waals surface area contributed by atoms with Crippen LogP contribution >= 0.6 is 0 Å². The molecule has 0 aliphatic heterocycles. The summed E-state index contributed by atoms with van der Waals surface area (Å²) in [6, 6.07) is 3.66. The van der Waals surface area contributed by atoms with Crippen LogP contribution in [-0.2, 0) is 24.1 Å². The van der Waals surface area contributed by atoms with Crippen molar-refractivity contribution in [2.45, 2.75) is 19.3 Å². The number of aromatic nitrogens is 2. The van der Waals surface area contributed by atoms with E-state index in [2.05, 4.69) is 10.2 Å². The van der Waals surface area contributed by atoms with Crippen molar-refractivity contribution in [1.82, 2.24) is 10.2 Å². The lowest BCUT2D eigenvalue weighted by atomic mass is 10.2. The molecule has 84 valence electrons. The van der Waals surface area contributed by atoms with Crippen molar-refractivity contribution in [3.05, 3.63) is 35.9 Å². The first-order valence-electron chi connectivity index (χ1n) is 4.79. The molecule has 0 amide bonds. The monoisotopic (exact) mass is 222 g/mol. The fourth-order valence-corrected chi connectivity index (χ4v) is 1.28. The van der Waals surface area contributed by atoms with E-state index in [4.69, 9.17) is 13.9 Å². The summed E-state index contributed by atoms with van der Waals surface area (Å²) in [7, 11) is 0. The summed E-state index contributed by atoms with van der Waals surface area (Å²) in [6.45, 7) is 0. The Labute approximate surface area is 90.9 Å². The van der Waals surface area contributed by atoms with E-state index in [0.29, 0.717) is 18.7 Å². The molecule has 2 aromatic heterocycles. The second-order valence-corrected chi connectivity index (χ2v) is 3.24. The highest BCUT2D eigenvalue weighted by Gasteiger charge is 2.10. The Morgan fingerprint density at radius 2 is 2.12 bits per heavy atom. The lowest BCUT2D eigenvalue weighted by Gasteiger charge is -1.91. The van der Waals surface area contributed by atoms with Gasteiger partial charge in [0.05, 0.1) is 6.26 Å². The maximum Gasteiger partial charge on any atom is 0.312 e. The average Bonchev–Trinajstić information content (AvgIpc) is 2.84. The highest BCUT2D eigenvalue weighted by molar-refractivity contribution is 5.68. The number of rotatable bonds is 5. The minimum Gasteiger partial charge on any atom is -0.481 e. The molecule has 0 radical (unpaired) electrons. The van der Waals surface area contributed by atoms with Crippen LogP contribution in [0.3, 0.4) is 0 Å². The van der Waals surface area contributed by atoms with Gasteiger partial charge < -0.3 is 13.9 Å². The number of aliphatic carboxylic acids is 1. The van der Waals surface area contributed by atoms with E-state index in [9.17, 15) is 4.79 Å². The first-order valence-corrected chi connectivity index (χ1v) is 4.79. The summed E-state index contributed by atoms with van der Waals surface area (Å²) in [5.41, 5.74) is 0. The van der Waals surface area contributed by atoms with Crippen molar-refractivity contribution in [3.8, 4) is 0 Å². The summed E-state index contributed by atoms with van der Waals surface area (Å²) in [5, 5.41) is 15.9. The molecule has 2 rings (SSSR count). The van der Waals surface area contributed by atoms with Crippen LogP contribution in [0.4, 0.5) is 0 Å². The van der Waals surface area contributed by atoms with Crippen molar-refractivity contribution < 1.29 is 18.7 Å². The Morgan fingerprint density at radius 3 is 2.81 bits per heavy atom. The van der Waals surface area contributed by atoms with Gasteiger partial charge in [-0.2, -0.15) is 0 Å². The van der Waals surface area contributed by atoms with E-state index in [1.54, 1.807) is 12.3 Å². The first kappa shape index (κ1) is 10.4. The van der Waals surface area contributed by atoms with Crippen LogP contribution in [-0.4, -0.2) is 21.3 Å². The molecule has 0 saturated heterocycles. The van der Waals surface area contributed by atoms with Gasteiger partial charge in [0.25, 0.3) is 0 Å². The highest BCUT2D eigenvalue weighted by Crippen LogP contribution is 2.07. The van der Waals surface area contributed by atoms with Gasteiger partial charge in [0.15, 0.2) is 0 Å². The molecular weight excluding hydrogens is 212 g/mol. The van der Waals surface area contributed by atoms with Gasteiger partial charge >= 0.3 is 5.97 Å². The summed E-state index contributed by atoms with van der Waals surface area (Å²) in [5.74, 6) is 0.397. The fraction of sp³-hybridized carbons (Fsp3) is 0.300. The van der Waals surface area contributed by atoms with Crippen LogP contribution < -0.4 is 0 Å². The van der Waals surface area contributed by atoms with Crippen LogP contribution in [0.2, 0.25) is 0 Å². The van der Waals surface area contributed by atoms with Crippen molar-refractivity contribution in [1.29, 1.82) is 0 Å². The zero-order valence-corrected chi connectivity index (χ0v) is 8.42. The zero-order valence-electron chi connectivity index (χ0n) is 8.42. The van der Waals surface area contributed by atoms with Crippen molar-refractivity contribution in [2.24, 2.45) is 0 Å². The van der Waals surface area contributed by atoms with E-state index in [1.807, 2.05) is 6.07 Å². The van der Waals surface area contributed by atoms with Gasteiger partial charge in [0, 0.05) is 12.8 Å². The summed E-state index contributed by atoms with van der Waals surface area (Å²) in [6.07, 6.45) is 2.55. The Morgan fingerprint density at radius 1 is 1.31 bits per heavy atom. The maximum atomic E-state index is 10.4. The molecular formula is C10H10N2O4. The second-order valence-electron chi connectivity index (χ2n) is 3.24. The highest BCUT2D eigenvalue weighted by atomic mass is 16.4. The number of nitrogens with zero attached hydrogens (tertiary/aromatic N) is 2. The minimum atomic E-state index is -0.985. The quantitative estimate of drug-likeness (QED) is 0.813. The number of hydrogen-bond acceptors (Lipinski definition) is 5. The van der Waals surface area contributed by atoms with Crippen molar-refractivity contribution in [3.63, 3.8) is 0 Å². The Hall–Kier alpha value is -2.11. The fourth-order valence-electron chi connectivity index (χ4n) is 1.28. The molecule has 2 aromatic rings. The molecule has 16 heavy (non-hydrogen) atoms. The number of carbonyl (C=O) groups is 1. The second kappa shape index (κ2) is 4.61. The van der Waals surface area contributed by atoms with Crippen LogP contribution in [0, 0.1) is 0 Å². The third-order valence-electron chi connectivity index (χ3n) is 1.98. The summed E-state index contributed by atoms with van der Waals surface area (Å²) in [4.78, 5) is 10.4. The summed E-state index contributed by atoms with van der Waals surface area (Å²) < 4.78 is 10.3. The molecule has 0 aliphatic carbocycles. The molecule has 0 aromatic carbocycles. The van der Waals surface area contributed by atoms with E-state index in [0.717, 1.165) is 5.76 Å². The number of hydrogen-bond donors (Lipinski definition) is 1. The number of carboxylic acids is 1. The molecule has 0 aliphatic rings. The third kappa shape index (κ3) is 2.69. The maximum absolute atomic E-state index is 10.4. The van der Waals surface area contributed by atoms with Gasteiger partial charge in [-0.1, -0.05) is 0 Å². The lowest BCUT2D eigenvalue weighted by molar-refractivity contribution is -0.136. The average molecular weight is 222 g/mol. The number of furan rings is 1. The standard InChI is InChI=1S/C10H10N2O4/c13-10(14)6-9-12-11-8(16-9)4-3-7-2-1-5-15-7/h1-2,5H,3-4,6H2,(H,13,14). The van der Waals surface area contributed by atoms with Gasteiger partial charge in [-0.05, 0) is 12.1 Å². The Balaban J connectivity index is 1.90. The minimum absolute atomic E-state index is 0.127. The molecule has 0 atom stereocenters. The predicted molar refractivity (Wildman–Crippen MR) is 51.8 cm³/mol. The van der Waals surface area contributed by atoms with Crippen LogP contribution in [0.25, 0.3) is 0 Å². The lowest BCUT2D eigenvalue weighted by Crippen LogP contribution is -1.99. The van der Waals surface area contributed by atoms with Crippen LogP contribution in [0.1, 0.15) is 17.5 Å². The van der Waals surface area contributed by atoms with Gasteiger partial charge in [-0.25, -0.2) is 0 Å². The third-order valence-corrected chi connectivity index (χ3v) is 1.98.